The van der Waals surface area contributed by atoms with Crippen molar-refractivity contribution >= 4 is 5.69 Å². The van der Waals surface area contributed by atoms with Crippen molar-refractivity contribution in [2.75, 3.05) is 5.73 Å². The molecular formula is C12H14N4O. The van der Waals surface area contributed by atoms with Gasteiger partial charge < -0.3 is 10.8 Å². The number of fused-ring (bicyclic) bond motifs is 1. The Kier molecular flexibility index (Phi) is 2.33. The summed E-state index contributed by atoms with van der Waals surface area (Å²) in [5, 5.41) is 14.0. The standard InChI is InChI=1S/C12H14N4O/c13-9-3-1-8(2-4-9)12-14-11-6-5-10(17)7-16(11)15-12/h1-4,10,17H,5-7,13H2. The maximum atomic E-state index is 9.57. The number of aliphatic hydroxyl groups is 1. The normalized spacial score (nSPS) is 19.0. The molecule has 0 saturated carbocycles. The summed E-state index contributed by atoms with van der Waals surface area (Å²) in [6.45, 7) is 0.539. The second-order valence-corrected chi connectivity index (χ2v) is 4.35. The number of nitrogens with two attached hydrogens (primary N) is 1. The van der Waals surface area contributed by atoms with Crippen LogP contribution in [-0.2, 0) is 13.0 Å². The molecule has 17 heavy (non-hydrogen) atoms. The molecular weight excluding hydrogens is 216 g/mol. The van der Waals surface area contributed by atoms with Crippen LogP contribution >= 0.6 is 0 Å². The van der Waals surface area contributed by atoms with E-state index >= 15 is 0 Å². The number of nitrogens with zero attached hydrogens (tertiary/aromatic N) is 3. The van der Waals surface area contributed by atoms with Gasteiger partial charge in [-0.25, -0.2) is 9.67 Å². The van der Waals surface area contributed by atoms with Gasteiger partial charge >= 0.3 is 0 Å². The average molecular weight is 230 g/mol. The Balaban J connectivity index is 1.97. The number of nitrogen functional groups attached to an aromatic ring is 1. The fourth-order valence-corrected chi connectivity index (χ4v) is 2.05. The van der Waals surface area contributed by atoms with Crippen LogP contribution in [0.4, 0.5) is 5.69 Å². The molecule has 5 nitrogen and oxygen atoms in total. The molecule has 1 atom stereocenters. The minimum absolute atomic E-state index is 0.302. The number of hydrogen-bond acceptors (Lipinski definition) is 4. The third-order valence-electron chi connectivity index (χ3n) is 3.00. The quantitative estimate of drug-likeness (QED) is 0.711. The van der Waals surface area contributed by atoms with E-state index in [2.05, 4.69) is 10.1 Å². The van der Waals surface area contributed by atoms with E-state index in [1.165, 1.54) is 0 Å². The van der Waals surface area contributed by atoms with Gasteiger partial charge in [0.2, 0.25) is 0 Å². The van der Waals surface area contributed by atoms with Gasteiger partial charge in [0.25, 0.3) is 0 Å². The first-order valence-corrected chi connectivity index (χ1v) is 5.70. The van der Waals surface area contributed by atoms with Crippen molar-refractivity contribution in [3.8, 4) is 11.4 Å². The molecule has 1 aliphatic heterocycles. The van der Waals surface area contributed by atoms with Crippen LogP contribution in [0.25, 0.3) is 11.4 Å². The Labute approximate surface area is 98.9 Å². The number of aryl methyl sites for hydroxylation is 1. The second kappa shape index (κ2) is 3.85. The molecule has 1 aromatic heterocycles. The lowest BCUT2D eigenvalue weighted by molar-refractivity contribution is 0.124. The molecule has 0 aliphatic carbocycles. The summed E-state index contributed by atoms with van der Waals surface area (Å²) < 4.78 is 1.79. The number of benzene rings is 1. The maximum absolute atomic E-state index is 9.57. The van der Waals surface area contributed by atoms with Crippen molar-refractivity contribution in [2.45, 2.75) is 25.5 Å². The summed E-state index contributed by atoms with van der Waals surface area (Å²) in [4.78, 5) is 4.49. The van der Waals surface area contributed by atoms with Crippen LogP contribution in [0, 0.1) is 0 Å². The molecule has 1 unspecified atom stereocenters. The minimum atomic E-state index is -0.302. The predicted octanol–water partition coefficient (Wildman–Crippen LogP) is 0.834. The van der Waals surface area contributed by atoms with E-state index in [-0.39, 0.29) is 6.10 Å². The van der Waals surface area contributed by atoms with Gasteiger partial charge in [0.05, 0.1) is 12.6 Å². The predicted molar refractivity (Wildman–Crippen MR) is 64.2 cm³/mol. The third kappa shape index (κ3) is 1.89. The molecule has 2 aromatic rings. The van der Waals surface area contributed by atoms with Crippen LogP contribution in [-0.4, -0.2) is 26.0 Å². The molecule has 88 valence electrons. The van der Waals surface area contributed by atoms with E-state index < -0.39 is 0 Å². The van der Waals surface area contributed by atoms with Crippen LogP contribution in [0.5, 0.6) is 0 Å². The highest BCUT2D eigenvalue weighted by atomic mass is 16.3. The number of anilines is 1. The van der Waals surface area contributed by atoms with Gasteiger partial charge in [-0.15, -0.1) is 0 Å². The second-order valence-electron chi connectivity index (χ2n) is 4.35. The summed E-state index contributed by atoms with van der Waals surface area (Å²) >= 11 is 0. The highest BCUT2D eigenvalue weighted by molar-refractivity contribution is 5.58. The first kappa shape index (κ1) is 10.3. The lowest BCUT2D eigenvalue weighted by Gasteiger charge is -2.16. The number of aliphatic hydroxyl groups excluding tert-OH is 1. The van der Waals surface area contributed by atoms with Gasteiger partial charge in [-0.1, -0.05) is 0 Å². The zero-order valence-corrected chi connectivity index (χ0v) is 9.37. The van der Waals surface area contributed by atoms with E-state index in [0.717, 1.165) is 29.9 Å². The van der Waals surface area contributed by atoms with Gasteiger partial charge in [0.15, 0.2) is 5.82 Å². The van der Waals surface area contributed by atoms with E-state index in [4.69, 9.17) is 5.73 Å². The molecule has 0 amide bonds. The monoisotopic (exact) mass is 230 g/mol. The summed E-state index contributed by atoms with van der Waals surface area (Å²) in [7, 11) is 0. The Bertz CT molecular complexity index is 532. The zero-order valence-electron chi connectivity index (χ0n) is 9.37. The van der Waals surface area contributed by atoms with Crippen molar-refractivity contribution in [1.29, 1.82) is 0 Å². The van der Waals surface area contributed by atoms with Gasteiger partial charge in [-0.2, -0.15) is 5.10 Å². The van der Waals surface area contributed by atoms with E-state index in [0.29, 0.717) is 12.4 Å². The number of hydrogen-bond donors (Lipinski definition) is 2. The molecule has 0 saturated heterocycles. The Morgan fingerprint density at radius 1 is 1.29 bits per heavy atom. The van der Waals surface area contributed by atoms with E-state index in [9.17, 15) is 5.11 Å². The highest BCUT2D eigenvalue weighted by Crippen LogP contribution is 2.20. The Morgan fingerprint density at radius 2 is 2.06 bits per heavy atom. The van der Waals surface area contributed by atoms with Crippen molar-refractivity contribution in [1.82, 2.24) is 14.8 Å². The van der Waals surface area contributed by atoms with Crippen LogP contribution in [0.2, 0.25) is 0 Å². The molecule has 0 spiro atoms. The van der Waals surface area contributed by atoms with Crippen LogP contribution < -0.4 is 5.73 Å². The molecule has 0 radical (unpaired) electrons. The van der Waals surface area contributed by atoms with Crippen LogP contribution in [0.3, 0.4) is 0 Å². The summed E-state index contributed by atoms with van der Waals surface area (Å²) in [6.07, 6.45) is 1.24. The van der Waals surface area contributed by atoms with Crippen LogP contribution in [0.15, 0.2) is 24.3 Å². The van der Waals surface area contributed by atoms with Gasteiger partial charge in [0.1, 0.15) is 5.82 Å². The lowest BCUT2D eigenvalue weighted by Crippen LogP contribution is -2.25. The highest BCUT2D eigenvalue weighted by Gasteiger charge is 2.20. The molecule has 1 aromatic carbocycles. The summed E-state index contributed by atoms with van der Waals surface area (Å²) in [5.74, 6) is 1.65. The van der Waals surface area contributed by atoms with Gasteiger partial charge in [-0.3, -0.25) is 0 Å². The molecule has 3 N–H and O–H groups in total. The molecule has 1 aliphatic rings. The largest absolute Gasteiger partial charge is 0.399 e. The summed E-state index contributed by atoms with van der Waals surface area (Å²) in [5.41, 5.74) is 7.33. The number of rotatable bonds is 1. The first-order chi connectivity index (χ1) is 8.22. The molecule has 0 fully saturated rings. The maximum Gasteiger partial charge on any atom is 0.181 e. The third-order valence-corrected chi connectivity index (χ3v) is 3.00. The smallest absolute Gasteiger partial charge is 0.181 e. The van der Waals surface area contributed by atoms with Crippen molar-refractivity contribution in [2.24, 2.45) is 0 Å². The lowest BCUT2D eigenvalue weighted by atomic mass is 10.1. The van der Waals surface area contributed by atoms with Gasteiger partial charge in [0, 0.05) is 17.7 Å². The molecule has 2 heterocycles. The van der Waals surface area contributed by atoms with Crippen LogP contribution in [0.1, 0.15) is 12.2 Å². The Hall–Kier alpha value is -1.88. The average Bonchev–Trinajstić information content (AvgIpc) is 2.72. The van der Waals surface area contributed by atoms with Crippen molar-refractivity contribution in [3.63, 3.8) is 0 Å². The van der Waals surface area contributed by atoms with E-state index in [1.807, 2.05) is 24.3 Å². The van der Waals surface area contributed by atoms with E-state index in [1.54, 1.807) is 4.68 Å². The first-order valence-electron chi connectivity index (χ1n) is 5.70. The topological polar surface area (TPSA) is 77.0 Å². The van der Waals surface area contributed by atoms with Crippen molar-refractivity contribution in [3.05, 3.63) is 30.1 Å². The molecule has 0 bridgehead atoms. The zero-order chi connectivity index (χ0) is 11.8. The number of aromatic nitrogens is 3. The van der Waals surface area contributed by atoms with Crippen molar-refractivity contribution < 1.29 is 5.11 Å². The SMILES string of the molecule is Nc1ccc(-c2nc3n(n2)CC(O)CC3)cc1. The van der Waals surface area contributed by atoms with Gasteiger partial charge in [-0.05, 0) is 30.7 Å². The molecule has 3 rings (SSSR count). The minimum Gasteiger partial charge on any atom is -0.399 e. The Morgan fingerprint density at radius 3 is 2.82 bits per heavy atom. The molecule has 5 heteroatoms. The fourth-order valence-electron chi connectivity index (χ4n) is 2.05. The summed E-state index contributed by atoms with van der Waals surface area (Å²) in [6, 6.07) is 7.49. The fraction of sp³-hybridized carbons (Fsp3) is 0.333.